The zero-order chi connectivity index (χ0) is 15.4. The summed E-state index contributed by atoms with van der Waals surface area (Å²) in [5, 5.41) is 0. The number of ether oxygens (including phenoxy) is 3. The van der Waals surface area contributed by atoms with Crippen LogP contribution in [-0.2, 0) is 4.74 Å². The van der Waals surface area contributed by atoms with Gasteiger partial charge in [0.1, 0.15) is 23.4 Å². The van der Waals surface area contributed by atoms with Crippen molar-refractivity contribution in [2.24, 2.45) is 10.7 Å². The third-order valence-corrected chi connectivity index (χ3v) is 3.33. The van der Waals surface area contributed by atoms with Gasteiger partial charge < -0.3 is 24.8 Å². The van der Waals surface area contributed by atoms with E-state index in [1.165, 1.54) is 0 Å². The van der Waals surface area contributed by atoms with Crippen molar-refractivity contribution in [1.82, 2.24) is 4.90 Å². The van der Waals surface area contributed by atoms with Crippen LogP contribution in [0.3, 0.4) is 0 Å². The molecule has 1 aromatic rings. The summed E-state index contributed by atoms with van der Waals surface area (Å²) < 4.78 is 15.6. The van der Waals surface area contributed by atoms with Gasteiger partial charge in [-0.1, -0.05) is 0 Å². The van der Waals surface area contributed by atoms with E-state index < -0.39 is 6.04 Å². The molecule has 0 fully saturated rings. The summed E-state index contributed by atoms with van der Waals surface area (Å²) in [7, 11) is 4.71. The number of carbonyl (C=O) groups is 1. The molecule has 0 radical (unpaired) electrons. The normalized spacial score (nSPS) is 17.9. The Labute approximate surface area is 123 Å². The highest BCUT2D eigenvalue weighted by atomic mass is 16.5. The van der Waals surface area contributed by atoms with E-state index in [1.54, 1.807) is 38.4 Å². The number of amidine groups is 1. The van der Waals surface area contributed by atoms with E-state index in [9.17, 15) is 4.79 Å². The molecule has 21 heavy (non-hydrogen) atoms. The van der Waals surface area contributed by atoms with Gasteiger partial charge in [0, 0.05) is 25.3 Å². The minimum Gasteiger partial charge on any atom is -0.497 e. The minimum atomic E-state index is -0.450. The average molecular weight is 293 g/mol. The molecule has 2 amide bonds. The van der Waals surface area contributed by atoms with Crippen molar-refractivity contribution in [3.8, 4) is 11.5 Å². The number of hydrogen-bond acceptors (Lipinski definition) is 5. The number of rotatable bonds is 6. The fraction of sp³-hybridized carbons (Fsp3) is 0.429. The van der Waals surface area contributed by atoms with Crippen LogP contribution in [-0.4, -0.2) is 51.2 Å². The van der Waals surface area contributed by atoms with Gasteiger partial charge in [0.2, 0.25) is 0 Å². The van der Waals surface area contributed by atoms with E-state index in [-0.39, 0.29) is 11.9 Å². The van der Waals surface area contributed by atoms with Crippen LogP contribution in [0, 0.1) is 0 Å². The van der Waals surface area contributed by atoms with E-state index in [0.29, 0.717) is 24.7 Å². The van der Waals surface area contributed by atoms with Crippen LogP contribution < -0.4 is 15.2 Å². The van der Waals surface area contributed by atoms with E-state index >= 15 is 0 Å². The quantitative estimate of drug-likeness (QED) is 0.851. The van der Waals surface area contributed by atoms with Crippen LogP contribution in [0.25, 0.3) is 0 Å². The van der Waals surface area contributed by atoms with Gasteiger partial charge in [-0.05, 0) is 12.1 Å². The number of aliphatic imine (C=N–C) groups is 1. The van der Waals surface area contributed by atoms with Crippen molar-refractivity contribution in [3.63, 3.8) is 0 Å². The minimum absolute atomic E-state index is 0.250. The number of nitrogens with two attached hydrogens (primary N) is 1. The Bertz CT molecular complexity index is 559. The SMILES string of the molecule is COCCN1C(=O)N=C(N)C1c1ccc(OC)cc1OC. The molecule has 7 heteroatoms. The fourth-order valence-corrected chi connectivity index (χ4v) is 2.29. The molecule has 0 saturated carbocycles. The molecular weight excluding hydrogens is 274 g/mol. The van der Waals surface area contributed by atoms with Gasteiger partial charge in [-0.3, -0.25) is 0 Å². The summed E-state index contributed by atoms with van der Waals surface area (Å²) in [5.41, 5.74) is 6.68. The third-order valence-electron chi connectivity index (χ3n) is 3.33. The average Bonchev–Trinajstić information content (AvgIpc) is 2.78. The molecule has 0 aliphatic carbocycles. The molecule has 2 rings (SSSR count). The summed E-state index contributed by atoms with van der Waals surface area (Å²) in [5.74, 6) is 1.51. The van der Waals surface area contributed by atoms with Crippen molar-refractivity contribution in [3.05, 3.63) is 23.8 Å². The standard InChI is InChI=1S/C14H19N3O4/c1-19-7-6-17-12(13(15)16-14(17)18)10-5-4-9(20-2)8-11(10)21-3/h4-5,8,12H,6-7H2,1-3H3,(H2,15,16,18). The Kier molecular flexibility index (Phi) is 4.64. The molecule has 1 aromatic carbocycles. The highest BCUT2D eigenvalue weighted by Crippen LogP contribution is 2.35. The smallest absolute Gasteiger partial charge is 0.346 e. The molecular formula is C14H19N3O4. The Balaban J connectivity index is 2.37. The Morgan fingerprint density at radius 1 is 1.29 bits per heavy atom. The Hall–Kier alpha value is -2.28. The van der Waals surface area contributed by atoms with Gasteiger partial charge >= 0.3 is 6.03 Å². The molecule has 0 aromatic heterocycles. The molecule has 0 saturated heterocycles. The van der Waals surface area contributed by atoms with Crippen molar-refractivity contribution in [2.45, 2.75) is 6.04 Å². The lowest BCUT2D eigenvalue weighted by molar-refractivity contribution is 0.150. The maximum Gasteiger partial charge on any atom is 0.346 e. The van der Waals surface area contributed by atoms with E-state index in [4.69, 9.17) is 19.9 Å². The van der Waals surface area contributed by atoms with Crippen molar-refractivity contribution >= 4 is 11.9 Å². The predicted octanol–water partition coefficient (Wildman–Crippen LogP) is 1.18. The molecule has 114 valence electrons. The second-order valence-corrected chi connectivity index (χ2v) is 4.52. The maximum absolute atomic E-state index is 11.9. The first kappa shape index (κ1) is 15.1. The first-order valence-electron chi connectivity index (χ1n) is 6.48. The van der Waals surface area contributed by atoms with Gasteiger partial charge in [0.15, 0.2) is 0 Å². The molecule has 0 spiro atoms. The van der Waals surface area contributed by atoms with Gasteiger partial charge in [0.05, 0.1) is 20.8 Å². The fourth-order valence-electron chi connectivity index (χ4n) is 2.29. The van der Waals surface area contributed by atoms with Gasteiger partial charge in [-0.25, -0.2) is 4.79 Å². The topological polar surface area (TPSA) is 86.4 Å². The number of urea groups is 1. The highest BCUT2D eigenvalue weighted by Gasteiger charge is 2.36. The molecule has 1 heterocycles. The number of methoxy groups -OCH3 is 3. The lowest BCUT2D eigenvalue weighted by Crippen LogP contribution is -2.35. The molecule has 2 N–H and O–H groups in total. The number of benzene rings is 1. The molecule has 1 aliphatic heterocycles. The Morgan fingerprint density at radius 2 is 2.05 bits per heavy atom. The molecule has 1 aliphatic rings. The summed E-state index contributed by atoms with van der Waals surface area (Å²) in [6.45, 7) is 0.808. The van der Waals surface area contributed by atoms with Crippen LogP contribution in [0.5, 0.6) is 11.5 Å². The maximum atomic E-state index is 11.9. The number of nitrogens with zero attached hydrogens (tertiary/aromatic N) is 2. The van der Waals surface area contributed by atoms with Crippen LogP contribution in [0.1, 0.15) is 11.6 Å². The summed E-state index contributed by atoms with van der Waals surface area (Å²) >= 11 is 0. The third kappa shape index (κ3) is 2.92. The van der Waals surface area contributed by atoms with Crippen molar-refractivity contribution in [2.75, 3.05) is 34.5 Å². The van der Waals surface area contributed by atoms with Gasteiger partial charge in [0.25, 0.3) is 0 Å². The van der Waals surface area contributed by atoms with Crippen LogP contribution in [0.4, 0.5) is 4.79 Å². The lowest BCUT2D eigenvalue weighted by atomic mass is 10.0. The van der Waals surface area contributed by atoms with Gasteiger partial charge in [-0.2, -0.15) is 4.99 Å². The monoisotopic (exact) mass is 293 g/mol. The Morgan fingerprint density at radius 3 is 2.67 bits per heavy atom. The summed E-state index contributed by atoms with van der Waals surface area (Å²) in [6, 6.07) is 4.55. The van der Waals surface area contributed by atoms with Crippen LogP contribution >= 0.6 is 0 Å². The van der Waals surface area contributed by atoms with E-state index in [2.05, 4.69) is 4.99 Å². The number of hydrogen-bond donors (Lipinski definition) is 1. The molecule has 7 nitrogen and oxygen atoms in total. The largest absolute Gasteiger partial charge is 0.497 e. The molecule has 1 unspecified atom stereocenters. The summed E-state index contributed by atoms with van der Waals surface area (Å²) in [4.78, 5) is 17.3. The number of carbonyl (C=O) groups excluding carboxylic acids is 1. The predicted molar refractivity (Wildman–Crippen MR) is 77.9 cm³/mol. The lowest BCUT2D eigenvalue weighted by Gasteiger charge is -2.25. The first-order chi connectivity index (χ1) is 10.1. The van der Waals surface area contributed by atoms with E-state index in [1.807, 2.05) is 6.07 Å². The first-order valence-corrected chi connectivity index (χ1v) is 6.48. The van der Waals surface area contributed by atoms with Gasteiger partial charge in [-0.15, -0.1) is 0 Å². The van der Waals surface area contributed by atoms with Crippen molar-refractivity contribution < 1.29 is 19.0 Å². The second kappa shape index (κ2) is 6.45. The van der Waals surface area contributed by atoms with E-state index in [0.717, 1.165) is 5.56 Å². The zero-order valence-corrected chi connectivity index (χ0v) is 12.3. The molecule has 0 bridgehead atoms. The van der Waals surface area contributed by atoms with Crippen LogP contribution in [0.15, 0.2) is 23.2 Å². The second-order valence-electron chi connectivity index (χ2n) is 4.52. The molecule has 1 atom stereocenters. The summed E-state index contributed by atoms with van der Waals surface area (Å²) in [6.07, 6.45) is 0. The zero-order valence-electron chi connectivity index (χ0n) is 12.3. The number of amides is 2. The van der Waals surface area contributed by atoms with Crippen molar-refractivity contribution in [1.29, 1.82) is 0 Å². The van der Waals surface area contributed by atoms with Crippen LogP contribution in [0.2, 0.25) is 0 Å². The highest BCUT2D eigenvalue weighted by molar-refractivity contribution is 6.03.